The molecule has 0 heterocycles. The van der Waals surface area contributed by atoms with Crippen molar-refractivity contribution in [2.24, 2.45) is 17.3 Å². The highest BCUT2D eigenvalue weighted by molar-refractivity contribution is 6.55. The second-order valence-corrected chi connectivity index (χ2v) is 7.16. The first-order valence-corrected chi connectivity index (χ1v) is 7.71. The lowest BCUT2D eigenvalue weighted by molar-refractivity contribution is -0.164. The third kappa shape index (κ3) is 3.83. The zero-order valence-electron chi connectivity index (χ0n) is 12.5. The van der Waals surface area contributed by atoms with Crippen LogP contribution >= 0.6 is 23.2 Å². The Balaban J connectivity index is 1.98. The van der Waals surface area contributed by atoms with Crippen LogP contribution in [0.5, 0.6) is 0 Å². The quantitative estimate of drug-likeness (QED) is 0.545. The van der Waals surface area contributed by atoms with Gasteiger partial charge in [-0.15, -0.1) is 0 Å². The molecule has 0 radical (unpaired) electrons. The number of rotatable bonds is 4. The van der Waals surface area contributed by atoms with Crippen molar-refractivity contribution in [1.82, 2.24) is 0 Å². The minimum absolute atomic E-state index is 0.0470. The molecule has 126 valence electrons. The van der Waals surface area contributed by atoms with Gasteiger partial charge in [0.05, 0.1) is 5.92 Å². The van der Waals surface area contributed by atoms with E-state index in [9.17, 15) is 18.0 Å². The molecule has 0 saturated heterocycles. The van der Waals surface area contributed by atoms with Crippen molar-refractivity contribution in [3.8, 4) is 0 Å². The van der Waals surface area contributed by atoms with Crippen molar-refractivity contribution in [1.29, 1.82) is 0 Å². The van der Waals surface area contributed by atoms with E-state index in [1.807, 2.05) is 13.8 Å². The van der Waals surface area contributed by atoms with E-state index >= 15 is 0 Å². The predicted molar refractivity (Wildman–Crippen MR) is 81.3 cm³/mol. The second-order valence-electron chi connectivity index (χ2n) is 6.15. The van der Waals surface area contributed by atoms with Gasteiger partial charge in [0, 0.05) is 0 Å². The molecule has 0 bridgehead atoms. The molecule has 1 saturated carbocycles. The Kier molecular flexibility index (Phi) is 5.31. The van der Waals surface area contributed by atoms with Gasteiger partial charge in [-0.05, 0) is 35.4 Å². The fourth-order valence-electron chi connectivity index (χ4n) is 2.74. The number of halogens is 5. The molecule has 1 aliphatic rings. The summed E-state index contributed by atoms with van der Waals surface area (Å²) in [6.45, 7) is 3.45. The summed E-state index contributed by atoms with van der Waals surface area (Å²) in [4.78, 5) is 12.1. The summed E-state index contributed by atoms with van der Waals surface area (Å²) in [6, 6.07) is 1.60. The highest BCUT2D eigenvalue weighted by atomic mass is 35.5. The molecule has 0 N–H and O–H groups in total. The van der Waals surface area contributed by atoms with Crippen LogP contribution in [0.3, 0.4) is 0 Å². The summed E-state index contributed by atoms with van der Waals surface area (Å²) in [7, 11) is 0. The summed E-state index contributed by atoms with van der Waals surface area (Å²) in [5.74, 6) is -4.98. The van der Waals surface area contributed by atoms with Crippen LogP contribution in [-0.2, 0) is 16.1 Å². The van der Waals surface area contributed by atoms with Crippen LogP contribution in [0, 0.1) is 34.7 Å². The maximum absolute atomic E-state index is 13.1. The van der Waals surface area contributed by atoms with Gasteiger partial charge in [0.1, 0.15) is 11.1 Å². The van der Waals surface area contributed by atoms with E-state index in [1.165, 1.54) is 0 Å². The molecular weight excluding hydrogens is 352 g/mol. The zero-order chi connectivity index (χ0) is 17.4. The first kappa shape index (κ1) is 18.1. The first-order valence-electron chi connectivity index (χ1n) is 6.95. The van der Waals surface area contributed by atoms with Crippen LogP contribution in [-0.4, -0.2) is 5.97 Å². The number of carbonyl (C=O) groups excluding carboxylic acids is 1. The number of hydrogen-bond acceptors (Lipinski definition) is 2. The first-order chi connectivity index (χ1) is 10.6. The molecule has 1 aromatic rings. The maximum Gasteiger partial charge on any atom is 0.309 e. The van der Waals surface area contributed by atoms with Crippen LogP contribution in [0.4, 0.5) is 13.2 Å². The third-order valence-electron chi connectivity index (χ3n) is 4.38. The van der Waals surface area contributed by atoms with E-state index in [1.54, 1.807) is 6.08 Å². The Bertz CT molecular complexity index is 632. The minimum atomic E-state index is -1.55. The molecule has 2 nitrogen and oxygen atoms in total. The van der Waals surface area contributed by atoms with Gasteiger partial charge in [0.2, 0.25) is 0 Å². The molecular formula is C16H15Cl2F3O2. The van der Waals surface area contributed by atoms with E-state index in [0.29, 0.717) is 6.42 Å². The lowest BCUT2D eigenvalue weighted by Gasteiger charge is -2.49. The van der Waals surface area contributed by atoms with Gasteiger partial charge in [-0.25, -0.2) is 13.2 Å². The summed E-state index contributed by atoms with van der Waals surface area (Å²) in [5, 5.41) is 0. The van der Waals surface area contributed by atoms with E-state index in [2.05, 4.69) is 0 Å². The minimum Gasteiger partial charge on any atom is -0.461 e. The Labute approximate surface area is 142 Å². The predicted octanol–water partition coefficient (Wildman–Crippen LogP) is 5.13. The number of hydrogen-bond donors (Lipinski definition) is 0. The summed E-state index contributed by atoms with van der Waals surface area (Å²) in [6.07, 6.45) is 2.21. The monoisotopic (exact) mass is 366 g/mol. The van der Waals surface area contributed by atoms with Crippen molar-refractivity contribution in [3.05, 3.63) is 45.7 Å². The molecule has 0 amide bonds. The van der Waals surface area contributed by atoms with Gasteiger partial charge in [-0.1, -0.05) is 43.1 Å². The fourth-order valence-corrected chi connectivity index (χ4v) is 3.04. The van der Waals surface area contributed by atoms with Crippen LogP contribution in [0.25, 0.3) is 0 Å². The number of esters is 1. The van der Waals surface area contributed by atoms with Crippen LogP contribution in [0.15, 0.2) is 22.7 Å². The van der Waals surface area contributed by atoms with Crippen molar-refractivity contribution < 1.29 is 22.7 Å². The van der Waals surface area contributed by atoms with Crippen molar-refractivity contribution in [3.63, 3.8) is 0 Å². The highest BCUT2D eigenvalue weighted by Gasteiger charge is 2.51. The van der Waals surface area contributed by atoms with Gasteiger partial charge < -0.3 is 4.74 Å². The Morgan fingerprint density at radius 2 is 1.87 bits per heavy atom. The average molecular weight is 367 g/mol. The van der Waals surface area contributed by atoms with Gasteiger partial charge >= 0.3 is 5.97 Å². The molecule has 2 rings (SSSR count). The molecule has 2 unspecified atom stereocenters. The van der Waals surface area contributed by atoms with E-state index in [-0.39, 0.29) is 33.9 Å². The SMILES string of the molecule is CC1(C)C(C=C(Cl)Cl)CC1C(=O)OCc1cc(F)c(F)c(F)c1. The highest BCUT2D eigenvalue weighted by Crippen LogP contribution is 2.53. The lowest BCUT2D eigenvalue weighted by Crippen LogP contribution is -2.48. The molecule has 0 spiro atoms. The van der Waals surface area contributed by atoms with Crippen LogP contribution in [0.2, 0.25) is 0 Å². The summed E-state index contributed by atoms with van der Waals surface area (Å²) >= 11 is 11.3. The number of benzene rings is 1. The van der Waals surface area contributed by atoms with Crippen molar-refractivity contribution in [2.75, 3.05) is 0 Å². The standard InChI is InChI=1S/C16H15Cl2F3O2/c1-16(2)9(6-13(17)18)5-10(16)15(22)23-7-8-3-11(19)14(21)12(20)4-8/h3-4,6,9-10H,5,7H2,1-2H3. The van der Waals surface area contributed by atoms with Gasteiger partial charge in [-0.2, -0.15) is 0 Å². The van der Waals surface area contributed by atoms with E-state index in [4.69, 9.17) is 27.9 Å². The van der Waals surface area contributed by atoms with Gasteiger partial charge in [-0.3, -0.25) is 4.79 Å². The molecule has 7 heteroatoms. The molecule has 2 atom stereocenters. The van der Waals surface area contributed by atoms with Gasteiger partial charge in [0.15, 0.2) is 17.5 Å². The molecule has 23 heavy (non-hydrogen) atoms. The zero-order valence-corrected chi connectivity index (χ0v) is 14.0. The molecule has 1 aliphatic carbocycles. The Morgan fingerprint density at radius 3 is 2.35 bits per heavy atom. The largest absolute Gasteiger partial charge is 0.461 e. The molecule has 1 aromatic carbocycles. The third-order valence-corrected chi connectivity index (χ3v) is 4.63. The normalized spacial score (nSPS) is 22.2. The number of allylic oxidation sites excluding steroid dienone is 1. The molecule has 0 aliphatic heterocycles. The topological polar surface area (TPSA) is 26.3 Å². The Hall–Kier alpha value is -1.20. The van der Waals surface area contributed by atoms with Gasteiger partial charge in [0.25, 0.3) is 0 Å². The second kappa shape index (κ2) is 6.73. The molecule has 0 aromatic heterocycles. The Morgan fingerprint density at radius 1 is 1.30 bits per heavy atom. The molecule has 1 fully saturated rings. The summed E-state index contributed by atoms with van der Waals surface area (Å²) < 4.78 is 44.3. The van der Waals surface area contributed by atoms with Crippen LogP contribution < -0.4 is 0 Å². The maximum atomic E-state index is 13.1. The van der Waals surface area contributed by atoms with Crippen molar-refractivity contribution in [2.45, 2.75) is 26.9 Å². The fraction of sp³-hybridized carbons (Fsp3) is 0.438. The summed E-state index contributed by atoms with van der Waals surface area (Å²) in [5.41, 5.74) is -0.335. The van der Waals surface area contributed by atoms with Crippen LogP contribution in [0.1, 0.15) is 25.8 Å². The van der Waals surface area contributed by atoms with E-state index < -0.39 is 23.4 Å². The smallest absolute Gasteiger partial charge is 0.309 e. The van der Waals surface area contributed by atoms with E-state index in [0.717, 1.165) is 12.1 Å². The average Bonchev–Trinajstić information content (AvgIpc) is 2.45. The number of carbonyl (C=O) groups is 1. The van der Waals surface area contributed by atoms with Crippen molar-refractivity contribution >= 4 is 29.2 Å². The lowest BCUT2D eigenvalue weighted by atomic mass is 9.55. The number of ether oxygens (including phenoxy) is 1.